The fourth-order valence-corrected chi connectivity index (χ4v) is 2.74. The maximum atomic E-state index is 12.5. The van der Waals surface area contributed by atoms with Crippen LogP contribution in [0.3, 0.4) is 0 Å². The number of quaternary nitrogens is 1. The van der Waals surface area contributed by atoms with Gasteiger partial charge in [-0.25, -0.2) is 0 Å². The number of nitrogens with two attached hydrogens (primary N) is 1. The Labute approximate surface area is 159 Å². The van der Waals surface area contributed by atoms with Crippen LogP contribution >= 0.6 is 12.2 Å². The number of hydrazine groups is 1. The number of Topliss-reactive ketones (excluding diaryl/α,β-unsaturated/α-hetero) is 1. The van der Waals surface area contributed by atoms with E-state index in [9.17, 15) is 9.59 Å². The number of hydrogen-bond acceptors (Lipinski definition) is 3. The number of thiocarbonyl (C=S) groups is 1. The van der Waals surface area contributed by atoms with Crippen molar-refractivity contribution in [3.63, 3.8) is 0 Å². The number of anilines is 1. The van der Waals surface area contributed by atoms with Crippen LogP contribution in [0.25, 0.3) is 0 Å². The largest absolute Gasteiger partial charge is 0.331 e. The number of rotatable bonds is 7. The monoisotopic (exact) mass is 373 g/mol. The normalized spacial score (nSPS) is 13.5. The number of carbonyl (C=O) groups is 2. The summed E-state index contributed by atoms with van der Waals surface area (Å²) in [6.45, 7) is 2.15. The lowest BCUT2D eigenvalue weighted by Crippen LogP contribution is -2.73. The third-order valence-electron chi connectivity index (χ3n) is 3.96. The Kier molecular flexibility index (Phi) is 7.98. The average molecular weight is 374 g/mol. The highest BCUT2D eigenvalue weighted by molar-refractivity contribution is 7.80. The van der Waals surface area contributed by atoms with Gasteiger partial charge < -0.3 is 5.32 Å². The summed E-state index contributed by atoms with van der Waals surface area (Å²) in [6, 6.07) is 9.36. The number of carbonyl (C=O) groups excluding carboxylic acids is 2. The van der Waals surface area contributed by atoms with Crippen molar-refractivity contribution >= 4 is 34.7 Å². The van der Waals surface area contributed by atoms with E-state index >= 15 is 0 Å². The molecule has 0 aromatic heterocycles. The smallest absolute Gasteiger partial charge is 0.279 e. The van der Waals surface area contributed by atoms with Gasteiger partial charge in [-0.1, -0.05) is 44.4 Å². The third kappa shape index (κ3) is 6.09. The SMILES string of the molecule is CCCCCCC1=C[NH2+]C=C(C(=O)NNC(=S)Nc2ccccc2)C1=O. The number of benzene rings is 1. The van der Waals surface area contributed by atoms with Crippen LogP contribution in [0.2, 0.25) is 0 Å². The van der Waals surface area contributed by atoms with Crippen molar-refractivity contribution in [3.8, 4) is 0 Å². The summed E-state index contributed by atoms with van der Waals surface area (Å²) in [6.07, 6.45) is 8.37. The second kappa shape index (κ2) is 10.5. The molecule has 2 rings (SSSR count). The molecule has 0 saturated carbocycles. The van der Waals surface area contributed by atoms with Gasteiger partial charge in [0.25, 0.3) is 5.91 Å². The third-order valence-corrected chi connectivity index (χ3v) is 4.17. The number of unbranched alkanes of at least 4 members (excludes halogenated alkanes) is 3. The van der Waals surface area contributed by atoms with Crippen LogP contribution in [0.5, 0.6) is 0 Å². The number of nitrogens with one attached hydrogen (secondary N) is 3. The van der Waals surface area contributed by atoms with E-state index in [2.05, 4.69) is 23.1 Å². The minimum absolute atomic E-state index is 0.119. The van der Waals surface area contributed by atoms with Gasteiger partial charge >= 0.3 is 0 Å². The van der Waals surface area contributed by atoms with E-state index in [1.807, 2.05) is 30.3 Å². The topological polar surface area (TPSA) is 86.8 Å². The summed E-state index contributed by atoms with van der Waals surface area (Å²) in [5, 5.41) is 4.93. The predicted molar refractivity (Wildman–Crippen MR) is 106 cm³/mol. The minimum Gasteiger partial charge on any atom is -0.331 e. The van der Waals surface area contributed by atoms with Crippen molar-refractivity contribution in [1.29, 1.82) is 0 Å². The summed E-state index contributed by atoms with van der Waals surface area (Å²) >= 11 is 5.13. The Morgan fingerprint density at radius 2 is 1.85 bits per heavy atom. The number of allylic oxidation sites excluding steroid dienone is 1. The summed E-state index contributed by atoms with van der Waals surface area (Å²) in [5.74, 6) is -0.715. The van der Waals surface area contributed by atoms with E-state index in [-0.39, 0.29) is 16.5 Å². The maximum absolute atomic E-state index is 12.5. The van der Waals surface area contributed by atoms with Crippen LogP contribution in [0, 0.1) is 0 Å². The Hall–Kier alpha value is -2.51. The Morgan fingerprint density at radius 3 is 2.58 bits per heavy atom. The van der Waals surface area contributed by atoms with Crippen molar-refractivity contribution in [2.45, 2.75) is 39.0 Å². The fraction of sp³-hybridized carbons (Fsp3) is 0.316. The van der Waals surface area contributed by atoms with Gasteiger partial charge in [0.2, 0.25) is 5.78 Å². The molecule has 0 aliphatic carbocycles. The first-order valence-electron chi connectivity index (χ1n) is 8.83. The zero-order valence-corrected chi connectivity index (χ0v) is 15.7. The lowest BCUT2D eigenvalue weighted by Gasteiger charge is -2.14. The van der Waals surface area contributed by atoms with Gasteiger partial charge in [0.15, 0.2) is 5.11 Å². The fourth-order valence-electron chi connectivity index (χ4n) is 2.57. The van der Waals surface area contributed by atoms with E-state index in [4.69, 9.17) is 12.2 Å². The van der Waals surface area contributed by atoms with Gasteiger partial charge in [-0.15, -0.1) is 0 Å². The Balaban J connectivity index is 1.80. The van der Waals surface area contributed by atoms with Crippen molar-refractivity contribution in [2.75, 3.05) is 5.32 Å². The molecule has 0 unspecified atom stereocenters. The Morgan fingerprint density at radius 1 is 1.08 bits per heavy atom. The average Bonchev–Trinajstić information content (AvgIpc) is 2.65. The standard InChI is InChI=1S/C19H24N4O2S/c1-2-3-4-6-9-14-12-20-13-16(17(14)24)18(25)22-23-19(26)21-15-10-7-5-8-11-15/h5,7-8,10-13H,2-4,6,9H2,1H3,(H,20,24)(H,22,25)(H2,21,23,26)/p+1. The quantitative estimate of drug-likeness (QED) is 0.254. The molecular formula is C19H25N4O2S+. The molecule has 0 radical (unpaired) electrons. The van der Waals surface area contributed by atoms with Gasteiger partial charge in [0, 0.05) is 5.69 Å². The zero-order chi connectivity index (χ0) is 18.8. The van der Waals surface area contributed by atoms with Crippen LogP contribution in [-0.4, -0.2) is 16.8 Å². The van der Waals surface area contributed by atoms with Gasteiger partial charge in [-0.2, -0.15) is 0 Å². The first-order valence-corrected chi connectivity index (χ1v) is 9.24. The Bertz CT molecular complexity index is 714. The first kappa shape index (κ1) is 19.8. The molecule has 1 amide bonds. The molecule has 1 aliphatic heterocycles. The molecule has 6 nitrogen and oxygen atoms in total. The lowest BCUT2D eigenvalue weighted by molar-refractivity contribution is -0.516. The number of amides is 1. The van der Waals surface area contributed by atoms with Crippen LogP contribution in [0.1, 0.15) is 39.0 Å². The van der Waals surface area contributed by atoms with Gasteiger partial charge in [-0.05, 0) is 37.2 Å². The van der Waals surface area contributed by atoms with Crippen molar-refractivity contribution in [2.24, 2.45) is 0 Å². The molecule has 26 heavy (non-hydrogen) atoms. The molecule has 1 heterocycles. The van der Waals surface area contributed by atoms with E-state index < -0.39 is 5.91 Å². The van der Waals surface area contributed by atoms with Gasteiger partial charge in [-0.3, -0.25) is 25.8 Å². The predicted octanol–water partition coefficient (Wildman–Crippen LogP) is 1.89. The van der Waals surface area contributed by atoms with E-state index in [0.717, 1.165) is 31.4 Å². The van der Waals surface area contributed by atoms with Gasteiger partial charge in [0.05, 0.1) is 5.57 Å². The number of para-hydroxylation sites is 1. The summed E-state index contributed by atoms with van der Waals surface area (Å²) in [7, 11) is 0. The molecule has 1 aromatic carbocycles. The molecule has 0 saturated heterocycles. The van der Waals surface area contributed by atoms with Crippen LogP contribution < -0.4 is 21.5 Å². The summed E-state index contributed by atoms with van der Waals surface area (Å²) < 4.78 is 0. The first-order chi connectivity index (χ1) is 12.6. The molecule has 0 spiro atoms. The molecule has 0 fully saturated rings. The van der Waals surface area contributed by atoms with E-state index in [1.165, 1.54) is 6.20 Å². The summed E-state index contributed by atoms with van der Waals surface area (Å²) in [4.78, 5) is 24.8. The molecule has 138 valence electrons. The number of hydrogen-bond donors (Lipinski definition) is 4. The highest BCUT2D eigenvalue weighted by Gasteiger charge is 2.26. The number of ketones is 1. The second-order valence-corrected chi connectivity index (χ2v) is 6.41. The van der Waals surface area contributed by atoms with E-state index in [0.29, 0.717) is 12.0 Å². The van der Waals surface area contributed by atoms with Gasteiger partial charge in [0.1, 0.15) is 18.0 Å². The molecule has 7 heteroatoms. The highest BCUT2D eigenvalue weighted by atomic mass is 32.1. The summed E-state index contributed by atoms with van der Waals surface area (Å²) in [5.41, 5.74) is 6.69. The van der Waals surface area contributed by atoms with Crippen LogP contribution in [0.15, 0.2) is 53.9 Å². The molecule has 5 N–H and O–H groups in total. The molecular weight excluding hydrogens is 348 g/mol. The minimum atomic E-state index is -0.498. The van der Waals surface area contributed by atoms with Crippen molar-refractivity contribution < 1.29 is 14.9 Å². The molecule has 1 aromatic rings. The highest BCUT2D eigenvalue weighted by Crippen LogP contribution is 2.15. The van der Waals surface area contributed by atoms with Crippen molar-refractivity contribution in [3.05, 3.63) is 53.9 Å². The maximum Gasteiger partial charge on any atom is 0.279 e. The van der Waals surface area contributed by atoms with Crippen molar-refractivity contribution in [1.82, 2.24) is 10.9 Å². The molecule has 1 aliphatic rings. The van der Waals surface area contributed by atoms with Crippen LogP contribution in [0.4, 0.5) is 5.69 Å². The zero-order valence-electron chi connectivity index (χ0n) is 14.9. The van der Waals surface area contributed by atoms with E-state index in [1.54, 1.807) is 11.5 Å². The van der Waals surface area contributed by atoms with Crippen LogP contribution in [-0.2, 0) is 9.59 Å². The lowest BCUT2D eigenvalue weighted by atomic mass is 9.97. The molecule has 0 bridgehead atoms. The second-order valence-electron chi connectivity index (χ2n) is 6.00. The molecule has 0 atom stereocenters.